The van der Waals surface area contributed by atoms with Crippen LogP contribution in [-0.2, 0) is 4.74 Å². The first kappa shape index (κ1) is 7.66. The summed E-state index contributed by atoms with van der Waals surface area (Å²) in [6, 6.07) is 0.0615. The van der Waals surface area contributed by atoms with Gasteiger partial charge in [-0.25, -0.2) is 0 Å². The van der Waals surface area contributed by atoms with Crippen LogP contribution in [0.1, 0.15) is 25.7 Å². The van der Waals surface area contributed by atoms with E-state index in [9.17, 15) is 4.91 Å². The van der Waals surface area contributed by atoms with Crippen LogP contribution in [0.2, 0.25) is 0 Å². The Balaban J connectivity index is 2.23. The molecule has 1 saturated carbocycles. The number of nitrogens with zero attached hydrogens (tertiary/aromatic N) is 1. The van der Waals surface area contributed by atoms with Gasteiger partial charge in [0.25, 0.3) is 0 Å². The molecule has 0 spiro atoms. The average molecular weight is 143 g/mol. The second-order valence-electron chi connectivity index (χ2n) is 2.77. The quantitative estimate of drug-likeness (QED) is 0.552. The third-order valence-corrected chi connectivity index (χ3v) is 2.13. The molecule has 0 saturated heterocycles. The largest absolute Gasteiger partial charge is 0.381 e. The van der Waals surface area contributed by atoms with Gasteiger partial charge < -0.3 is 4.74 Å². The molecule has 3 heteroatoms. The van der Waals surface area contributed by atoms with Gasteiger partial charge >= 0.3 is 0 Å². The fourth-order valence-corrected chi connectivity index (χ4v) is 1.39. The summed E-state index contributed by atoms with van der Waals surface area (Å²) in [6.45, 7) is 0. The molecule has 0 heterocycles. The van der Waals surface area contributed by atoms with Crippen molar-refractivity contribution in [3.63, 3.8) is 0 Å². The standard InChI is InChI=1S/C7H13NO2/c1-10-7-4-2-6(8-9)3-5-7/h6-7H,2-5H2,1H3. The van der Waals surface area contributed by atoms with Gasteiger partial charge in [0.05, 0.1) is 12.1 Å². The average Bonchev–Trinajstić information content (AvgIpc) is 2.05. The van der Waals surface area contributed by atoms with Crippen molar-refractivity contribution >= 4 is 0 Å². The third-order valence-electron chi connectivity index (χ3n) is 2.13. The fourth-order valence-electron chi connectivity index (χ4n) is 1.39. The van der Waals surface area contributed by atoms with E-state index in [2.05, 4.69) is 5.18 Å². The van der Waals surface area contributed by atoms with Crippen molar-refractivity contribution in [1.29, 1.82) is 0 Å². The molecule has 1 rings (SSSR count). The molecule has 0 bridgehead atoms. The first-order valence-electron chi connectivity index (χ1n) is 3.72. The second-order valence-corrected chi connectivity index (χ2v) is 2.77. The molecule has 58 valence electrons. The zero-order valence-electron chi connectivity index (χ0n) is 6.25. The Morgan fingerprint density at radius 1 is 1.30 bits per heavy atom. The van der Waals surface area contributed by atoms with Crippen molar-refractivity contribution in [2.24, 2.45) is 5.18 Å². The molecule has 0 aromatic rings. The minimum Gasteiger partial charge on any atom is -0.381 e. The van der Waals surface area contributed by atoms with Crippen LogP contribution in [0, 0.1) is 4.91 Å². The Morgan fingerprint density at radius 3 is 2.30 bits per heavy atom. The van der Waals surface area contributed by atoms with Gasteiger partial charge in [-0.3, -0.25) is 0 Å². The third kappa shape index (κ3) is 1.77. The highest BCUT2D eigenvalue weighted by Gasteiger charge is 2.20. The normalized spacial score (nSPS) is 33.7. The molecule has 0 unspecified atom stereocenters. The van der Waals surface area contributed by atoms with Gasteiger partial charge in [-0.2, -0.15) is 4.91 Å². The predicted molar refractivity (Wildman–Crippen MR) is 38.8 cm³/mol. The topological polar surface area (TPSA) is 38.7 Å². The number of methoxy groups -OCH3 is 1. The van der Waals surface area contributed by atoms with Gasteiger partial charge in [-0.1, -0.05) is 5.18 Å². The molecular weight excluding hydrogens is 130 g/mol. The molecule has 0 aromatic carbocycles. The van der Waals surface area contributed by atoms with E-state index in [1.54, 1.807) is 7.11 Å². The van der Waals surface area contributed by atoms with Gasteiger partial charge in [-0.05, 0) is 25.7 Å². The molecule has 0 N–H and O–H groups in total. The van der Waals surface area contributed by atoms with Crippen molar-refractivity contribution in [3.05, 3.63) is 4.91 Å². The second kappa shape index (κ2) is 3.66. The zero-order chi connectivity index (χ0) is 7.40. The molecule has 0 radical (unpaired) electrons. The first-order valence-corrected chi connectivity index (χ1v) is 3.72. The smallest absolute Gasteiger partial charge is 0.0921 e. The van der Waals surface area contributed by atoms with Gasteiger partial charge in [-0.15, -0.1) is 0 Å². The summed E-state index contributed by atoms with van der Waals surface area (Å²) in [7, 11) is 1.72. The molecule has 0 aliphatic heterocycles. The van der Waals surface area contributed by atoms with Gasteiger partial charge in [0.15, 0.2) is 0 Å². The van der Waals surface area contributed by atoms with Crippen LogP contribution in [0.3, 0.4) is 0 Å². The number of hydrogen-bond acceptors (Lipinski definition) is 3. The summed E-state index contributed by atoms with van der Waals surface area (Å²) in [4.78, 5) is 10.1. The minimum absolute atomic E-state index is 0.0615. The first-order chi connectivity index (χ1) is 4.86. The van der Waals surface area contributed by atoms with Crippen LogP contribution >= 0.6 is 0 Å². The summed E-state index contributed by atoms with van der Waals surface area (Å²) in [5.74, 6) is 0. The Hall–Kier alpha value is -0.440. The van der Waals surface area contributed by atoms with E-state index in [1.807, 2.05) is 0 Å². The van der Waals surface area contributed by atoms with Crippen molar-refractivity contribution in [1.82, 2.24) is 0 Å². The van der Waals surface area contributed by atoms with E-state index in [1.165, 1.54) is 0 Å². The molecule has 1 fully saturated rings. The molecule has 0 aromatic heterocycles. The lowest BCUT2D eigenvalue weighted by molar-refractivity contribution is 0.0665. The van der Waals surface area contributed by atoms with Crippen LogP contribution < -0.4 is 0 Å². The van der Waals surface area contributed by atoms with Gasteiger partial charge in [0, 0.05) is 7.11 Å². The molecule has 10 heavy (non-hydrogen) atoms. The Bertz CT molecular complexity index is 108. The predicted octanol–water partition coefficient (Wildman–Crippen LogP) is 1.71. The SMILES string of the molecule is COC1CCC(N=O)CC1. The van der Waals surface area contributed by atoms with E-state index in [0.717, 1.165) is 25.7 Å². The monoisotopic (exact) mass is 143 g/mol. The number of nitroso groups, excluding NO2 is 1. The van der Waals surface area contributed by atoms with Crippen molar-refractivity contribution < 1.29 is 4.74 Å². The molecular formula is C7H13NO2. The molecule has 3 nitrogen and oxygen atoms in total. The highest BCUT2D eigenvalue weighted by molar-refractivity contribution is 4.76. The van der Waals surface area contributed by atoms with E-state index in [-0.39, 0.29) is 6.04 Å². The van der Waals surface area contributed by atoms with Crippen LogP contribution in [-0.4, -0.2) is 19.3 Å². The summed E-state index contributed by atoms with van der Waals surface area (Å²) in [6.07, 6.45) is 4.17. The van der Waals surface area contributed by atoms with Crippen LogP contribution in [0.15, 0.2) is 5.18 Å². The number of rotatable bonds is 2. The number of ether oxygens (including phenoxy) is 1. The lowest BCUT2D eigenvalue weighted by Crippen LogP contribution is -2.21. The van der Waals surface area contributed by atoms with E-state index >= 15 is 0 Å². The lowest BCUT2D eigenvalue weighted by atomic mass is 9.94. The summed E-state index contributed by atoms with van der Waals surface area (Å²) in [5.41, 5.74) is 0. The maximum absolute atomic E-state index is 10.1. The molecule has 0 atom stereocenters. The van der Waals surface area contributed by atoms with E-state index in [4.69, 9.17) is 4.74 Å². The van der Waals surface area contributed by atoms with E-state index < -0.39 is 0 Å². The molecule has 1 aliphatic rings. The van der Waals surface area contributed by atoms with E-state index in [0.29, 0.717) is 6.10 Å². The maximum atomic E-state index is 10.1. The number of hydrogen-bond donors (Lipinski definition) is 0. The van der Waals surface area contributed by atoms with Crippen LogP contribution in [0.25, 0.3) is 0 Å². The minimum atomic E-state index is 0.0615. The Morgan fingerprint density at radius 2 is 1.90 bits per heavy atom. The van der Waals surface area contributed by atoms with Crippen LogP contribution in [0.5, 0.6) is 0 Å². The molecule has 0 amide bonds. The van der Waals surface area contributed by atoms with Crippen molar-refractivity contribution in [3.8, 4) is 0 Å². The Kier molecular flexibility index (Phi) is 2.81. The highest BCUT2D eigenvalue weighted by Crippen LogP contribution is 2.22. The summed E-state index contributed by atoms with van der Waals surface area (Å²) >= 11 is 0. The fraction of sp³-hybridized carbons (Fsp3) is 1.00. The lowest BCUT2D eigenvalue weighted by Gasteiger charge is -2.22. The molecule has 1 aliphatic carbocycles. The summed E-state index contributed by atoms with van der Waals surface area (Å²) < 4.78 is 5.14. The highest BCUT2D eigenvalue weighted by atomic mass is 16.5. The Labute approximate surface area is 60.7 Å². The van der Waals surface area contributed by atoms with Crippen molar-refractivity contribution in [2.45, 2.75) is 37.8 Å². The summed E-state index contributed by atoms with van der Waals surface area (Å²) in [5, 5.41) is 3.01. The zero-order valence-corrected chi connectivity index (χ0v) is 6.25. The van der Waals surface area contributed by atoms with Gasteiger partial charge in [0.1, 0.15) is 0 Å². The van der Waals surface area contributed by atoms with Crippen molar-refractivity contribution in [2.75, 3.05) is 7.11 Å². The van der Waals surface area contributed by atoms with Crippen LogP contribution in [0.4, 0.5) is 0 Å². The van der Waals surface area contributed by atoms with Gasteiger partial charge in [0.2, 0.25) is 0 Å². The maximum Gasteiger partial charge on any atom is 0.0921 e.